The molecule has 3 N–H and O–H groups in total. The number of nitrogens with one attached hydrogen (secondary N) is 1. The first-order chi connectivity index (χ1) is 8.12. The predicted molar refractivity (Wildman–Crippen MR) is 54.8 cm³/mol. The second-order valence-electron chi connectivity index (χ2n) is 3.10. The van der Waals surface area contributed by atoms with Gasteiger partial charge in [-0.05, 0) is 6.07 Å². The van der Waals surface area contributed by atoms with Crippen molar-refractivity contribution in [3.05, 3.63) is 22.7 Å². The molecule has 0 radical (unpaired) electrons. The number of carbonyl (C=O) groups is 2. The van der Waals surface area contributed by atoms with Crippen molar-refractivity contribution in [3.63, 3.8) is 0 Å². The van der Waals surface area contributed by atoms with Crippen molar-refractivity contribution in [3.8, 4) is 5.75 Å². The number of carboxylic acids is 1. The molecule has 0 unspecified atom stereocenters. The Kier molecular flexibility index (Phi) is 3.70. The molecule has 0 aliphatic rings. The van der Waals surface area contributed by atoms with Gasteiger partial charge in [0.15, 0.2) is 0 Å². The predicted octanol–water partition coefficient (Wildman–Crippen LogP) is 2.24. The summed E-state index contributed by atoms with van der Waals surface area (Å²) >= 11 is 5.43. The number of hydrogen-bond acceptors (Lipinski definition) is 3. The molecule has 98 valence electrons. The lowest BCUT2D eigenvalue weighted by Gasteiger charge is -2.12. The fourth-order valence-electron chi connectivity index (χ4n) is 1.08. The maximum atomic E-state index is 12.0. The minimum absolute atomic E-state index is 0.199. The van der Waals surface area contributed by atoms with Crippen LogP contribution in [0.15, 0.2) is 12.1 Å². The number of halogens is 4. The Bertz CT molecular complexity index is 515. The molecule has 5 nitrogen and oxygen atoms in total. The van der Waals surface area contributed by atoms with Crippen LogP contribution in [0.1, 0.15) is 10.4 Å². The van der Waals surface area contributed by atoms with Gasteiger partial charge in [0, 0.05) is 11.1 Å². The van der Waals surface area contributed by atoms with Gasteiger partial charge in [-0.3, -0.25) is 4.79 Å². The fraction of sp³-hybridized carbons (Fsp3) is 0.111. The molecule has 0 fully saturated rings. The lowest BCUT2D eigenvalue weighted by Crippen LogP contribution is -2.30. The average molecular weight is 284 g/mol. The summed E-state index contributed by atoms with van der Waals surface area (Å²) in [6.07, 6.45) is -5.21. The highest BCUT2D eigenvalue weighted by Gasteiger charge is 2.39. The number of alkyl halides is 3. The van der Waals surface area contributed by atoms with Crippen molar-refractivity contribution in [2.45, 2.75) is 6.18 Å². The summed E-state index contributed by atoms with van der Waals surface area (Å²) in [5.41, 5.74) is -1.62. The van der Waals surface area contributed by atoms with Crippen LogP contribution in [0.3, 0.4) is 0 Å². The molecule has 0 aliphatic carbocycles. The largest absolute Gasteiger partial charge is 0.506 e. The van der Waals surface area contributed by atoms with Gasteiger partial charge in [0.25, 0.3) is 0 Å². The normalized spacial score (nSPS) is 11.1. The van der Waals surface area contributed by atoms with Gasteiger partial charge in [-0.15, -0.1) is 0 Å². The molecule has 0 saturated carbocycles. The van der Waals surface area contributed by atoms with E-state index in [0.29, 0.717) is 0 Å². The maximum Gasteiger partial charge on any atom is 0.471 e. The van der Waals surface area contributed by atoms with Crippen LogP contribution in [0.4, 0.5) is 18.9 Å². The summed E-state index contributed by atoms with van der Waals surface area (Å²) in [7, 11) is 0. The van der Waals surface area contributed by atoms with Gasteiger partial charge in [0.1, 0.15) is 5.75 Å². The van der Waals surface area contributed by atoms with Crippen LogP contribution in [0, 0.1) is 0 Å². The Balaban J connectivity index is 3.24. The molecular formula is C9H5ClF3NO4. The van der Waals surface area contributed by atoms with E-state index >= 15 is 0 Å². The SMILES string of the molecule is O=C(O)c1cc(Cl)cc(O)c1NC(=O)C(F)(F)F. The van der Waals surface area contributed by atoms with Crippen LogP contribution in [-0.2, 0) is 4.79 Å². The van der Waals surface area contributed by atoms with Crippen molar-refractivity contribution in [2.75, 3.05) is 5.32 Å². The minimum atomic E-state index is -5.21. The number of aromatic carboxylic acids is 1. The van der Waals surface area contributed by atoms with E-state index in [2.05, 4.69) is 0 Å². The Morgan fingerprint density at radius 2 is 1.83 bits per heavy atom. The topological polar surface area (TPSA) is 86.6 Å². The number of hydrogen-bond donors (Lipinski definition) is 3. The van der Waals surface area contributed by atoms with Crippen LogP contribution < -0.4 is 5.32 Å². The van der Waals surface area contributed by atoms with Crippen molar-refractivity contribution in [1.29, 1.82) is 0 Å². The van der Waals surface area contributed by atoms with E-state index in [0.717, 1.165) is 12.1 Å². The zero-order valence-electron chi connectivity index (χ0n) is 8.38. The number of amides is 1. The molecule has 1 aromatic carbocycles. The van der Waals surface area contributed by atoms with Crippen LogP contribution >= 0.6 is 11.6 Å². The first-order valence-electron chi connectivity index (χ1n) is 4.27. The van der Waals surface area contributed by atoms with E-state index in [1.165, 1.54) is 5.32 Å². The molecule has 18 heavy (non-hydrogen) atoms. The minimum Gasteiger partial charge on any atom is -0.506 e. The number of carbonyl (C=O) groups excluding carboxylic acids is 1. The highest BCUT2D eigenvalue weighted by atomic mass is 35.5. The summed E-state index contributed by atoms with van der Waals surface area (Å²) in [6.45, 7) is 0. The Morgan fingerprint density at radius 1 is 1.28 bits per heavy atom. The Hall–Kier alpha value is -1.96. The second kappa shape index (κ2) is 4.73. The standard InChI is InChI=1S/C9H5ClF3NO4/c10-3-1-4(7(16)17)6(5(15)2-3)14-8(18)9(11,12)13/h1-2,15H,(H,14,18)(H,16,17). The second-order valence-corrected chi connectivity index (χ2v) is 3.54. The summed E-state index contributed by atoms with van der Waals surface area (Å²) in [5, 5.41) is 19.1. The lowest BCUT2D eigenvalue weighted by molar-refractivity contribution is -0.167. The van der Waals surface area contributed by atoms with Gasteiger partial charge in [-0.2, -0.15) is 13.2 Å². The summed E-state index contributed by atoms with van der Waals surface area (Å²) in [5.74, 6) is -4.93. The fourth-order valence-corrected chi connectivity index (χ4v) is 1.29. The molecule has 1 amide bonds. The number of benzene rings is 1. The highest BCUT2D eigenvalue weighted by molar-refractivity contribution is 6.31. The third-order valence-electron chi connectivity index (χ3n) is 1.81. The molecule has 0 spiro atoms. The van der Waals surface area contributed by atoms with Crippen LogP contribution in [0.25, 0.3) is 0 Å². The van der Waals surface area contributed by atoms with Gasteiger partial charge < -0.3 is 15.5 Å². The molecule has 0 bridgehead atoms. The highest BCUT2D eigenvalue weighted by Crippen LogP contribution is 2.32. The van der Waals surface area contributed by atoms with E-state index in [4.69, 9.17) is 16.7 Å². The number of phenolic OH excluding ortho intramolecular Hbond substituents is 1. The van der Waals surface area contributed by atoms with Gasteiger partial charge in [0.2, 0.25) is 0 Å². The van der Waals surface area contributed by atoms with E-state index in [9.17, 15) is 27.9 Å². The lowest BCUT2D eigenvalue weighted by atomic mass is 10.1. The number of rotatable bonds is 2. The quantitative estimate of drug-likeness (QED) is 0.727. The molecule has 0 aliphatic heterocycles. The van der Waals surface area contributed by atoms with Crippen LogP contribution in [-0.4, -0.2) is 28.3 Å². The Labute approximate surface area is 103 Å². The van der Waals surface area contributed by atoms with Gasteiger partial charge >= 0.3 is 18.1 Å². The van der Waals surface area contributed by atoms with E-state index in [1.54, 1.807) is 0 Å². The summed E-state index contributed by atoms with van der Waals surface area (Å²) in [6, 6.07) is 1.61. The molecule has 1 aromatic rings. The van der Waals surface area contributed by atoms with Crippen LogP contribution in [0.5, 0.6) is 5.75 Å². The van der Waals surface area contributed by atoms with Crippen molar-refractivity contribution in [2.24, 2.45) is 0 Å². The van der Waals surface area contributed by atoms with Gasteiger partial charge in [0.05, 0.1) is 11.3 Å². The molecule has 0 aromatic heterocycles. The van der Waals surface area contributed by atoms with E-state index in [-0.39, 0.29) is 5.02 Å². The first-order valence-corrected chi connectivity index (χ1v) is 4.64. The third kappa shape index (κ3) is 3.04. The molecule has 0 saturated heterocycles. The number of carboxylic acid groups (broad SMARTS) is 1. The van der Waals surface area contributed by atoms with Crippen molar-refractivity contribution < 1.29 is 33.0 Å². The number of phenols is 1. The van der Waals surface area contributed by atoms with Gasteiger partial charge in [-0.1, -0.05) is 11.6 Å². The zero-order chi connectivity index (χ0) is 14.1. The first kappa shape index (κ1) is 14.1. The Morgan fingerprint density at radius 3 is 2.28 bits per heavy atom. The summed E-state index contributed by atoms with van der Waals surface area (Å²) < 4.78 is 36.0. The van der Waals surface area contributed by atoms with E-state index < -0.39 is 35.1 Å². The monoisotopic (exact) mass is 283 g/mol. The number of aromatic hydroxyl groups is 1. The zero-order valence-corrected chi connectivity index (χ0v) is 9.13. The smallest absolute Gasteiger partial charge is 0.471 e. The number of anilines is 1. The molecule has 0 atom stereocenters. The van der Waals surface area contributed by atoms with Crippen molar-refractivity contribution in [1.82, 2.24) is 0 Å². The molecule has 9 heteroatoms. The maximum absolute atomic E-state index is 12.0. The van der Waals surface area contributed by atoms with E-state index in [1.807, 2.05) is 0 Å². The van der Waals surface area contributed by atoms with Crippen LogP contribution in [0.2, 0.25) is 5.02 Å². The molecule has 1 rings (SSSR count). The third-order valence-corrected chi connectivity index (χ3v) is 2.03. The van der Waals surface area contributed by atoms with Crippen molar-refractivity contribution >= 4 is 29.2 Å². The summed E-state index contributed by atoms with van der Waals surface area (Å²) in [4.78, 5) is 21.4. The average Bonchev–Trinajstić information content (AvgIpc) is 2.19. The molecule has 0 heterocycles. The van der Waals surface area contributed by atoms with Gasteiger partial charge in [-0.25, -0.2) is 4.79 Å². The molecular weight excluding hydrogens is 279 g/mol.